The maximum absolute atomic E-state index is 12.7. The summed E-state index contributed by atoms with van der Waals surface area (Å²) >= 11 is 0. The first kappa shape index (κ1) is 19.2. The highest BCUT2D eigenvalue weighted by Gasteiger charge is 2.35. The minimum atomic E-state index is -0.333. The van der Waals surface area contributed by atoms with E-state index in [1.54, 1.807) is 4.90 Å². The van der Waals surface area contributed by atoms with Crippen molar-refractivity contribution < 1.29 is 9.59 Å². The van der Waals surface area contributed by atoms with E-state index in [1.165, 1.54) is 5.56 Å². The second-order valence-electron chi connectivity index (χ2n) is 8.57. The molecule has 0 aromatic heterocycles. The Morgan fingerprint density at radius 2 is 1.63 bits per heavy atom. The Labute approximate surface area is 161 Å². The van der Waals surface area contributed by atoms with Gasteiger partial charge in [0.1, 0.15) is 0 Å². The average Bonchev–Trinajstić information content (AvgIpc) is 2.95. The average molecular weight is 364 g/mol. The number of amides is 2. The lowest BCUT2D eigenvalue weighted by Crippen LogP contribution is -2.28. The maximum Gasteiger partial charge on any atom is 0.229 e. The first-order chi connectivity index (χ1) is 12.6. The topological polar surface area (TPSA) is 49.4 Å². The standard InChI is InChI=1S/C23H28N2O2/c1-15-10-16(2)12-20(11-15)25-14-17(13-21(25)26)22(27)24-19-8-6-18(7-9-19)23(3,4)5/h6-12,17H,13-14H2,1-5H3,(H,24,27). The zero-order valence-corrected chi connectivity index (χ0v) is 16.8. The van der Waals surface area contributed by atoms with Crippen LogP contribution in [0.5, 0.6) is 0 Å². The molecule has 2 aromatic carbocycles. The van der Waals surface area contributed by atoms with E-state index >= 15 is 0 Å². The molecule has 0 saturated carbocycles. The third kappa shape index (κ3) is 4.38. The molecule has 0 aliphatic carbocycles. The van der Waals surface area contributed by atoms with Crippen LogP contribution >= 0.6 is 0 Å². The van der Waals surface area contributed by atoms with Crippen LogP contribution < -0.4 is 10.2 Å². The van der Waals surface area contributed by atoms with E-state index in [9.17, 15) is 9.59 Å². The van der Waals surface area contributed by atoms with Crippen LogP contribution in [0.2, 0.25) is 0 Å². The van der Waals surface area contributed by atoms with Gasteiger partial charge in [0.05, 0.1) is 5.92 Å². The van der Waals surface area contributed by atoms with Crippen molar-refractivity contribution in [2.75, 3.05) is 16.8 Å². The van der Waals surface area contributed by atoms with Crippen LogP contribution in [0.1, 0.15) is 43.9 Å². The summed E-state index contributed by atoms with van der Waals surface area (Å²) in [6.07, 6.45) is 0.249. The Balaban J connectivity index is 1.69. The predicted molar refractivity (Wildman–Crippen MR) is 110 cm³/mol. The monoisotopic (exact) mass is 364 g/mol. The molecule has 1 fully saturated rings. The first-order valence-electron chi connectivity index (χ1n) is 9.43. The molecule has 2 amide bonds. The van der Waals surface area contributed by atoms with Crippen LogP contribution in [-0.2, 0) is 15.0 Å². The molecule has 4 nitrogen and oxygen atoms in total. The van der Waals surface area contributed by atoms with Crippen LogP contribution in [0.4, 0.5) is 11.4 Å². The molecule has 1 heterocycles. The number of carbonyl (C=O) groups is 2. The molecular formula is C23H28N2O2. The molecule has 0 radical (unpaired) electrons. The quantitative estimate of drug-likeness (QED) is 0.866. The van der Waals surface area contributed by atoms with Crippen LogP contribution in [0.15, 0.2) is 42.5 Å². The number of aryl methyl sites for hydroxylation is 2. The van der Waals surface area contributed by atoms with E-state index in [-0.39, 0.29) is 29.6 Å². The molecule has 2 aromatic rings. The second-order valence-corrected chi connectivity index (χ2v) is 8.57. The van der Waals surface area contributed by atoms with E-state index < -0.39 is 0 Å². The lowest BCUT2D eigenvalue weighted by Gasteiger charge is -2.20. The molecule has 1 aliphatic heterocycles. The van der Waals surface area contributed by atoms with Gasteiger partial charge < -0.3 is 10.2 Å². The van der Waals surface area contributed by atoms with Crippen molar-refractivity contribution in [2.24, 2.45) is 5.92 Å². The van der Waals surface area contributed by atoms with E-state index in [0.29, 0.717) is 6.54 Å². The number of nitrogens with one attached hydrogen (secondary N) is 1. The SMILES string of the molecule is Cc1cc(C)cc(N2CC(C(=O)Nc3ccc(C(C)(C)C)cc3)CC2=O)c1. The van der Waals surface area contributed by atoms with Gasteiger partial charge in [-0.3, -0.25) is 9.59 Å². The third-order valence-electron chi connectivity index (χ3n) is 5.03. The smallest absolute Gasteiger partial charge is 0.229 e. The molecule has 142 valence electrons. The first-order valence-corrected chi connectivity index (χ1v) is 9.43. The largest absolute Gasteiger partial charge is 0.326 e. The van der Waals surface area contributed by atoms with Gasteiger partial charge in [-0.2, -0.15) is 0 Å². The summed E-state index contributed by atoms with van der Waals surface area (Å²) in [4.78, 5) is 26.9. The fourth-order valence-electron chi connectivity index (χ4n) is 3.54. The van der Waals surface area contributed by atoms with Gasteiger partial charge in [-0.1, -0.05) is 39.0 Å². The number of anilines is 2. The molecule has 1 saturated heterocycles. The van der Waals surface area contributed by atoms with Gasteiger partial charge in [-0.05, 0) is 60.2 Å². The Bertz CT molecular complexity index is 843. The highest BCUT2D eigenvalue weighted by molar-refractivity contribution is 6.03. The number of hydrogen-bond acceptors (Lipinski definition) is 2. The van der Waals surface area contributed by atoms with Crippen molar-refractivity contribution in [3.8, 4) is 0 Å². The molecule has 1 atom stereocenters. The minimum absolute atomic E-state index is 0.00299. The molecule has 1 N–H and O–H groups in total. The zero-order valence-electron chi connectivity index (χ0n) is 16.8. The summed E-state index contributed by atoms with van der Waals surface area (Å²) < 4.78 is 0. The van der Waals surface area contributed by atoms with Gasteiger partial charge in [0.25, 0.3) is 0 Å². The van der Waals surface area contributed by atoms with Gasteiger partial charge in [0.2, 0.25) is 11.8 Å². The predicted octanol–water partition coefficient (Wildman–Crippen LogP) is 4.59. The Morgan fingerprint density at radius 1 is 1.04 bits per heavy atom. The lowest BCUT2D eigenvalue weighted by atomic mass is 9.87. The number of benzene rings is 2. The van der Waals surface area contributed by atoms with E-state index in [4.69, 9.17) is 0 Å². The van der Waals surface area contributed by atoms with Crippen molar-refractivity contribution in [2.45, 2.75) is 46.5 Å². The lowest BCUT2D eigenvalue weighted by molar-refractivity contribution is -0.122. The maximum atomic E-state index is 12.7. The number of nitrogens with zero attached hydrogens (tertiary/aromatic N) is 1. The molecular weight excluding hydrogens is 336 g/mol. The van der Waals surface area contributed by atoms with Gasteiger partial charge in [0.15, 0.2) is 0 Å². The van der Waals surface area contributed by atoms with Crippen molar-refractivity contribution in [3.63, 3.8) is 0 Å². The third-order valence-corrected chi connectivity index (χ3v) is 5.03. The summed E-state index contributed by atoms with van der Waals surface area (Å²) in [5, 5.41) is 2.96. The number of carbonyl (C=O) groups excluding carboxylic acids is 2. The Morgan fingerprint density at radius 3 is 2.19 bits per heavy atom. The van der Waals surface area contributed by atoms with Crippen molar-refractivity contribution >= 4 is 23.2 Å². The summed E-state index contributed by atoms with van der Waals surface area (Å²) in [7, 11) is 0. The normalized spacial score (nSPS) is 17.3. The molecule has 0 bridgehead atoms. The zero-order chi connectivity index (χ0) is 19.8. The Kier molecular flexibility index (Phi) is 5.09. The van der Waals surface area contributed by atoms with Gasteiger partial charge in [-0.15, -0.1) is 0 Å². The number of hydrogen-bond donors (Lipinski definition) is 1. The van der Waals surface area contributed by atoms with Crippen molar-refractivity contribution in [1.29, 1.82) is 0 Å². The van der Waals surface area contributed by atoms with Crippen LogP contribution in [-0.4, -0.2) is 18.4 Å². The second kappa shape index (κ2) is 7.18. The fourth-order valence-corrected chi connectivity index (χ4v) is 3.54. The molecule has 27 heavy (non-hydrogen) atoms. The highest BCUT2D eigenvalue weighted by atomic mass is 16.2. The summed E-state index contributed by atoms with van der Waals surface area (Å²) in [5.74, 6) is -0.428. The van der Waals surface area contributed by atoms with Crippen LogP contribution in [0, 0.1) is 19.8 Å². The van der Waals surface area contributed by atoms with Crippen LogP contribution in [0.3, 0.4) is 0 Å². The molecule has 4 heteroatoms. The molecule has 3 rings (SSSR count). The fraction of sp³-hybridized carbons (Fsp3) is 0.391. The van der Waals surface area contributed by atoms with E-state index in [1.807, 2.05) is 50.2 Å². The number of rotatable bonds is 3. The minimum Gasteiger partial charge on any atom is -0.326 e. The summed E-state index contributed by atoms with van der Waals surface area (Å²) in [5.41, 5.74) is 5.17. The molecule has 0 spiro atoms. The summed E-state index contributed by atoms with van der Waals surface area (Å²) in [6.45, 7) is 10.9. The van der Waals surface area contributed by atoms with Crippen LogP contribution in [0.25, 0.3) is 0 Å². The van der Waals surface area contributed by atoms with E-state index in [2.05, 4.69) is 32.2 Å². The van der Waals surface area contributed by atoms with Gasteiger partial charge >= 0.3 is 0 Å². The van der Waals surface area contributed by atoms with Crippen molar-refractivity contribution in [3.05, 3.63) is 59.2 Å². The summed E-state index contributed by atoms with van der Waals surface area (Å²) in [6, 6.07) is 14.0. The van der Waals surface area contributed by atoms with E-state index in [0.717, 1.165) is 22.5 Å². The molecule has 1 unspecified atom stereocenters. The van der Waals surface area contributed by atoms with Gasteiger partial charge in [0, 0.05) is 24.3 Å². The highest BCUT2D eigenvalue weighted by Crippen LogP contribution is 2.28. The Hall–Kier alpha value is -2.62. The molecule has 1 aliphatic rings. The van der Waals surface area contributed by atoms with Crippen molar-refractivity contribution in [1.82, 2.24) is 0 Å². The van der Waals surface area contributed by atoms with Gasteiger partial charge in [-0.25, -0.2) is 0 Å².